The molecule has 0 saturated carbocycles. The SMILES string of the molecule is CCCN(C)C(=O)C1Cc2ccccc2CN1. The number of carbonyl (C=O) groups excluding carboxylic acids is 1. The summed E-state index contributed by atoms with van der Waals surface area (Å²) in [5, 5.41) is 3.32. The van der Waals surface area contributed by atoms with Gasteiger partial charge in [-0.15, -0.1) is 0 Å². The topological polar surface area (TPSA) is 32.3 Å². The monoisotopic (exact) mass is 232 g/mol. The van der Waals surface area contributed by atoms with E-state index in [0.29, 0.717) is 0 Å². The third-order valence-corrected chi connectivity index (χ3v) is 3.31. The van der Waals surface area contributed by atoms with Gasteiger partial charge in [-0.25, -0.2) is 0 Å². The van der Waals surface area contributed by atoms with Gasteiger partial charge >= 0.3 is 0 Å². The van der Waals surface area contributed by atoms with Crippen LogP contribution in [0.25, 0.3) is 0 Å². The molecular formula is C14H20N2O. The molecule has 0 saturated heterocycles. The fraction of sp³-hybridized carbons (Fsp3) is 0.500. The van der Waals surface area contributed by atoms with E-state index in [-0.39, 0.29) is 11.9 Å². The fourth-order valence-electron chi connectivity index (χ4n) is 2.34. The Labute approximate surface area is 103 Å². The zero-order valence-corrected chi connectivity index (χ0v) is 10.6. The molecule has 0 radical (unpaired) electrons. The van der Waals surface area contributed by atoms with Gasteiger partial charge in [0.25, 0.3) is 0 Å². The average molecular weight is 232 g/mol. The summed E-state index contributed by atoms with van der Waals surface area (Å²) in [7, 11) is 1.88. The first-order valence-electron chi connectivity index (χ1n) is 6.27. The number of rotatable bonds is 3. The first-order chi connectivity index (χ1) is 8.22. The molecular weight excluding hydrogens is 212 g/mol. The van der Waals surface area contributed by atoms with E-state index in [1.807, 2.05) is 24.1 Å². The molecule has 0 fully saturated rings. The van der Waals surface area contributed by atoms with Crippen LogP contribution in [0.4, 0.5) is 0 Å². The van der Waals surface area contributed by atoms with Gasteiger partial charge in [-0.05, 0) is 24.0 Å². The molecule has 0 aromatic heterocycles. The van der Waals surface area contributed by atoms with Gasteiger partial charge in [-0.2, -0.15) is 0 Å². The average Bonchev–Trinajstić information content (AvgIpc) is 2.37. The van der Waals surface area contributed by atoms with Gasteiger partial charge in [0.1, 0.15) is 0 Å². The number of nitrogens with zero attached hydrogens (tertiary/aromatic N) is 1. The lowest BCUT2D eigenvalue weighted by atomic mass is 9.95. The molecule has 3 nitrogen and oxygen atoms in total. The molecule has 92 valence electrons. The Morgan fingerprint density at radius 1 is 1.41 bits per heavy atom. The number of fused-ring (bicyclic) bond motifs is 1. The summed E-state index contributed by atoms with van der Waals surface area (Å²) in [6, 6.07) is 8.28. The molecule has 1 aromatic rings. The van der Waals surface area contributed by atoms with Crippen LogP contribution in [0.3, 0.4) is 0 Å². The maximum atomic E-state index is 12.2. The molecule has 0 aliphatic carbocycles. The van der Waals surface area contributed by atoms with Gasteiger partial charge in [0.05, 0.1) is 6.04 Å². The molecule has 1 heterocycles. The van der Waals surface area contributed by atoms with Gasteiger partial charge in [-0.1, -0.05) is 31.2 Å². The van der Waals surface area contributed by atoms with Gasteiger partial charge in [-0.3, -0.25) is 4.79 Å². The molecule has 1 atom stereocenters. The highest BCUT2D eigenvalue weighted by Gasteiger charge is 2.25. The van der Waals surface area contributed by atoms with Crippen LogP contribution >= 0.6 is 0 Å². The first kappa shape index (κ1) is 12.1. The van der Waals surface area contributed by atoms with E-state index in [4.69, 9.17) is 0 Å². The summed E-state index contributed by atoms with van der Waals surface area (Å²) in [5.41, 5.74) is 2.61. The Balaban J connectivity index is 2.05. The van der Waals surface area contributed by atoms with E-state index in [1.54, 1.807) is 0 Å². The smallest absolute Gasteiger partial charge is 0.239 e. The minimum Gasteiger partial charge on any atom is -0.344 e. The van der Waals surface area contributed by atoms with Crippen molar-refractivity contribution in [2.45, 2.75) is 32.4 Å². The second kappa shape index (κ2) is 5.32. The second-order valence-corrected chi connectivity index (χ2v) is 4.67. The van der Waals surface area contributed by atoms with E-state index in [2.05, 4.69) is 24.4 Å². The van der Waals surface area contributed by atoms with Crippen LogP contribution in [-0.4, -0.2) is 30.4 Å². The second-order valence-electron chi connectivity index (χ2n) is 4.67. The van der Waals surface area contributed by atoms with Crippen molar-refractivity contribution in [3.8, 4) is 0 Å². The van der Waals surface area contributed by atoms with Crippen LogP contribution in [0, 0.1) is 0 Å². The van der Waals surface area contributed by atoms with Crippen LogP contribution in [0.1, 0.15) is 24.5 Å². The van der Waals surface area contributed by atoms with Crippen molar-refractivity contribution >= 4 is 5.91 Å². The number of nitrogens with one attached hydrogen (secondary N) is 1. The van der Waals surface area contributed by atoms with Crippen molar-refractivity contribution in [2.75, 3.05) is 13.6 Å². The molecule has 2 rings (SSSR count). The highest BCUT2D eigenvalue weighted by molar-refractivity contribution is 5.82. The lowest BCUT2D eigenvalue weighted by Crippen LogP contribution is -2.48. The van der Waals surface area contributed by atoms with Crippen molar-refractivity contribution in [2.24, 2.45) is 0 Å². The molecule has 1 N–H and O–H groups in total. The van der Waals surface area contributed by atoms with Crippen molar-refractivity contribution in [1.82, 2.24) is 10.2 Å². The van der Waals surface area contributed by atoms with E-state index in [9.17, 15) is 4.79 Å². The highest BCUT2D eigenvalue weighted by Crippen LogP contribution is 2.17. The van der Waals surface area contributed by atoms with Crippen molar-refractivity contribution < 1.29 is 4.79 Å². The van der Waals surface area contributed by atoms with Crippen LogP contribution in [0.5, 0.6) is 0 Å². The Hall–Kier alpha value is -1.35. The molecule has 1 amide bonds. The third kappa shape index (κ3) is 2.67. The van der Waals surface area contributed by atoms with Gasteiger partial charge in [0, 0.05) is 20.1 Å². The molecule has 3 heteroatoms. The van der Waals surface area contributed by atoms with Crippen LogP contribution in [-0.2, 0) is 17.8 Å². The summed E-state index contributed by atoms with van der Waals surface area (Å²) in [6.45, 7) is 3.72. The number of hydrogen-bond acceptors (Lipinski definition) is 2. The normalized spacial score (nSPS) is 18.6. The zero-order chi connectivity index (χ0) is 12.3. The minimum absolute atomic E-state index is 0.0542. The van der Waals surface area contributed by atoms with Gasteiger partial charge in [0.2, 0.25) is 5.91 Å². The van der Waals surface area contributed by atoms with Crippen LogP contribution in [0.15, 0.2) is 24.3 Å². The summed E-state index contributed by atoms with van der Waals surface area (Å²) in [4.78, 5) is 14.0. The minimum atomic E-state index is -0.0542. The summed E-state index contributed by atoms with van der Waals surface area (Å²) in [5.74, 6) is 0.210. The van der Waals surface area contributed by atoms with E-state index < -0.39 is 0 Å². The third-order valence-electron chi connectivity index (χ3n) is 3.31. The number of hydrogen-bond donors (Lipinski definition) is 1. The molecule has 0 bridgehead atoms. The van der Waals surface area contributed by atoms with E-state index in [1.165, 1.54) is 11.1 Å². The van der Waals surface area contributed by atoms with Crippen molar-refractivity contribution in [3.05, 3.63) is 35.4 Å². The lowest BCUT2D eigenvalue weighted by Gasteiger charge is -2.28. The van der Waals surface area contributed by atoms with Crippen molar-refractivity contribution in [3.63, 3.8) is 0 Å². The Kier molecular flexibility index (Phi) is 3.79. The number of amides is 1. The van der Waals surface area contributed by atoms with Crippen LogP contribution in [0.2, 0.25) is 0 Å². The predicted molar refractivity (Wildman–Crippen MR) is 68.7 cm³/mol. The summed E-state index contributed by atoms with van der Waals surface area (Å²) in [6.07, 6.45) is 1.81. The molecule has 17 heavy (non-hydrogen) atoms. The summed E-state index contributed by atoms with van der Waals surface area (Å²) < 4.78 is 0. The quantitative estimate of drug-likeness (QED) is 0.858. The standard InChI is InChI=1S/C14H20N2O/c1-3-8-16(2)14(17)13-9-11-6-4-5-7-12(11)10-15-13/h4-7,13,15H,3,8-10H2,1-2H3. The maximum Gasteiger partial charge on any atom is 0.239 e. The van der Waals surface area contributed by atoms with Crippen LogP contribution < -0.4 is 5.32 Å². The Morgan fingerprint density at radius 3 is 2.82 bits per heavy atom. The van der Waals surface area contributed by atoms with Gasteiger partial charge < -0.3 is 10.2 Å². The van der Waals surface area contributed by atoms with Crippen molar-refractivity contribution in [1.29, 1.82) is 0 Å². The molecule has 1 aliphatic rings. The molecule has 1 unspecified atom stereocenters. The van der Waals surface area contributed by atoms with E-state index in [0.717, 1.165) is 25.9 Å². The zero-order valence-electron chi connectivity index (χ0n) is 10.6. The highest BCUT2D eigenvalue weighted by atomic mass is 16.2. The number of carbonyl (C=O) groups is 1. The summed E-state index contributed by atoms with van der Waals surface area (Å²) >= 11 is 0. The maximum absolute atomic E-state index is 12.2. The number of likely N-dealkylation sites (N-methyl/N-ethyl adjacent to an activating group) is 1. The molecule has 1 aliphatic heterocycles. The number of benzene rings is 1. The predicted octanol–water partition coefficient (Wildman–Crippen LogP) is 1.57. The fourth-order valence-corrected chi connectivity index (χ4v) is 2.34. The molecule has 0 spiro atoms. The lowest BCUT2D eigenvalue weighted by molar-refractivity contribution is -0.132. The van der Waals surface area contributed by atoms with Gasteiger partial charge in [0.15, 0.2) is 0 Å². The van der Waals surface area contributed by atoms with E-state index >= 15 is 0 Å². The first-order valence-corrected chi connectivity index (χ1v) is 6.27. The largest absolute Gasteiger partial charge is 0.344 e. The molecule has 1 aromatic carbocycles. The Bertz CT molecular complexity index is 403. The Morgan fingerprint density at radius 2 is 2.12 bits per heavy atom.